The minimum atomic E-state index is -0.109. The summed E-state index contributed by atoms with van der Waals surface area (Å²) >= 11 is 3.56. The summed E-state index contributed by atoms with van der Waals surface area (Å²) in [6, 6.07) is 14.3. The lowest BCUT2D eigenvalue weighted by Crippen LogP contribution is -2.14. The van der Waals surface area contributed by atoms with E-state index in [9.17, 15) is 0 Å². The molecule has 1 aliphatic rings. The average Bonchev–Trinajstić information content (AvgIpc) is 2.46. The zero-order chi connectivity index (χ0) is 13.2. The normalized spacial score (nSPS) is 15.5. The van der Waals surface area contributed by atoms with Gasteiger partial charge in [0.25, 0.3) is 0 Å². The van der Waals surface area contributed by atoms with Crippen molar-refractivity contribution in [3.63, 3.8) is 0 Å². The predicted octanol–water partition coefficient (Wildman–Crippen LogP) is 3.82. The van der Waals surface area contributed by atoms with Gasteiger partial charge in [-0.2, -0.15) is 0 Å². The average molecular weight is 318 g/mol. The summed E-state index contributed by atoms with van der Waals surface area (Å²) in [4.78, 5) is 0. The maximum absolute atomic E-state index is 6.38. The number of rotatable bonds is 2. The quantitative estimate of drug-likeness (QED) is 0.913. The lowest BCUT2D eigenvalue weighted by Gasteiger charge is -2.20. The van der Waals surface area contributed by atoms with Crippen LogP contribution in [0.15, 0.2) is 46.9 Å². The lowest BCUT2D eigenvalue weighted by molar-refractivity contribution is 0.288. The number of aryl methyl sites for hydroxylation is 1. The lowest BCUT2D eigenvalue weighted by atomic mass is 9.95. The zero-order valence-electron chi connectivity index (χ0n) is 10.6. The molecule has 1 atom stereocenters. The van der Waals surface area contributed by atoms with E-state index in [-0.39, 0.29) is 6.04 Å². The number of nitrogens with two attached hydrogens (primary N) is 1. The topological polar surface area (TPSA) is 35.2 Å². The maximum atomic E-state index is 6.38. The van der Waals surface area contributed by atoms with Crippen molar-refractivity contribution in [2.75, 3.05) is 6.61 Å². The molecule has 3 heteroatoms. The number of halogens is 1. The Morgan fingerprint density at radius 3 is 2.84 bits per heavy atom. The van der Waals surface area contributed by atoms with E-state index in [1.165, 1.54) is 5.56 Å². The monoisotopic (exact) mass is 317 g/mol. The molecule has 0 saturated heterocycles. The Morgan fingerprint density at radius 2 is 2.00 bits per heavy atom. The molecule has 0 saturated carbocycles. The standard InChI is InChI=1S/C16H16BrNO/c17-14-6-2-1-5-13(14)16(18)12-7-8-15-11(10-12)4-3-9-19-15/h1-2,5-8,10,16H,3-4,9,18H2. The van der Waals surface area contributed by atoms with Gasteiger partial charge in [-0.25, -0.2) is 0 Å². The Hall–Kier alpha value is -1.32. The van der Waals surface area contributed by atoms with Crippen molar-refractivity contribution in [3.8, 4) is 5.75 Å². The Morgan fingerprint density at radius 1 is 1.16 bits per heavy atom. The summed E-state index contributed by atoms with van der Waals surface area (Å²) in [7, 11) is 0. The molecule has 2 nitrogen and oxygen atoms in total. The first-order chi connectivity index (χ1) is 9.25. The third-order valence-corrected chi connectivity index (χ3v) is 4.25. The van der Waals surface area contributed by atoms with Gasteiger partial charge in [-0.15, -0.1) is 0 Å². The van der Waals surface area contributed by atoms with Crippen molar-refractivity contribution in [2.24, 2.45) is 5.73 Å². The number of benzene rings is 2. The third-order valence-electron chi connectivity index (χ3n) is 3.53. The van der Waals surface area contributed by atoms with Crippen LogP contribution in [0.25, 0.3) is 0 Å². The third kappa shape index (κ3) is 2.53. The maximum Gasteiger partial charge on any atom is 0.122 e. The second-order valence-electron chi connectivity index (χ2n) is 4.82. The molecule has 0 fully saturated rings. The van der Waals surface area contributed by atoms with E-state index in [2.05, 4.69) is 34.1 Å². The van der Waals surface area contributed by atoms with Crippen LogP contribution in [0.2, 0.25) is 0 Å². The second-order valence-corrected chi connectivity index (χ2v) is 5.67. The number of fused-ring (bicyclic) bond motifs is 1. The predicted molar refractivity (Wildman–Crippen MR) is 80.4 cm³/mol. The summed E-state index contributed by atoms with van der Waals surface area (Å²) in [5.74, 6) is 1.01. The van der Waals surface area contributed by atoms with E-state index in [4.69, 9.17) is 10.5 Å². The molecule has 2 N–H and O–H groups in total. The summed E-state index contributed by atoms with van der Waals surface area (Å²) in [5, 5.41) is 0. The van der Waals surface area contributed by atoms with Crippen molar-refractivity contribution >= 4 is 15.9 Å². The van der Waals surface area contributed by atoms with Crippen LogP contribution < -0.4 is 10.5 Å². The van der Waals surface area contributed by atoms with Crippen LogP contribution >= 0.6 is 15.9 Å². The fourth-order valence-corrected chi connectivity index (χ4v) is 3.01. The van der Waals surface area contributed by atoms with Gasteiger partial charge >= 0.3 is 0 Å². The van der Waals surface area contributed by atoms with E-state index in [0.29, 0.717) is 0 Å². The van der Waals surface area contributed by atoms with Gasteiger partial charge in [0.1, 0.15) is 5.75 Å². The molecule has 0 aliphatic carbocycles. The molecule has 3 rings (SSSR count). The van der Waals surface area contributed by atoms with E-state index in [1.54, 1.807) is 0 Å². The van der Waals surface area contributed by atoms with E-state index < -0.39 is 0 Å². The molecular formula is C16H16BrNO. The van der Waals surface area contributed by atoms with Gasteiger partial charge in [0.2, 0.25) is 0 Å². The van der Waals surface area contributed by atoms with Crippen molar-refractivity contribution in [1.82, 2.24) is 0 Å². The molecule has 0 spiro atoms. The molecule has 0 aromatic heterocycles. The van der Waals surface area contributed by atoms with Gasteiger partial charge in [-0.3, -0.25) is 0 Å². The summed E-state index contributed by atoms with van der Waals surface area (Å²) in [6.45, 7) is 0.822. The van der Waals surface area contributed by atoms with E-state index in [0.717, 1.165) is 40.8 Å². The molecule has 98 valence electrons. The van der Waals surface area contributed by atoms with Crippen molar-refractivity contribution in [2.45, 2.75) is 18.9 Å². The molecule has 1 aliphatic heterocycles. The van der Waals surface area contributed by atoms with E-state index in [1.807, 2.05) is 24.3 Å². The largest absolute Gasteiger partial charge is 0.493 e. The summed E-state index contributed by atoms with van der Waals surface area (Å²) in [5.41, 5.74) is 9.89. The molecule has 0 amide bonds. The van der Waals surface area contributed by atoms with Crippen LogP contribution in [0.5, 0.6) is 5.75 Å². The first kappa shape index (κ1) is 12.7. The highest BCUT2D eigenvalue weighted by atomic mass is 79.9. The first-order valence-corrected chi connectivity index (χ1v) is 7.30. The number of hydrogen-bond acceptors (Lipinski definition) is 2. The zero-order valence-corrected chi connectivity index (χ0v) is 12.2. The van der Waals surface area contributed by atoms with Crippen molar-refractivity contribution in [1.29, 1.82) is 0 Å². The van der Waals surface area contributed by atoms with Crippen LogP contribution in [0.1, 0.15) is 29.2 Å². The van der Waals surface area contributed by atoms with E-state index >= 15 is 0 Å². The van der Waals surface area contributed by atoms with Gasteiger partial charge in [0.15, 0.2) is 0 Å². The van der Waals surface area contributed by atoms with Gasteiger partial charge in [-0.1, -0.05) is 46.3 Å². The molecular weight excluding hydrogens is 302 g/mol. The number of hydrogen-bond donors (Lipinski definition) is 1. The molecule has 0 radical (unpaired) electrons. The molecule has 2 aromatic rings. The van der Waals surface area contributed by atoms with Crippen LogP contribution in [0.4, 0.5) is 0 Å². The van der Waals surface area contributed by atoms with Gasteiger partial charge in [0, 0.05) is 4.47 Å². The van der Waals surface area contributed by atoms with Crippen LogP contribution in [-0.2, 0) is 6.42 Å². The highest BCUT2D eigenvalue weighted by Gasteiger charge is 2.16. The van der Waals surface area contributed by atoms with Crippen LogP contribution in [0.3, 0.4) is 0 Å². The fourth-order valence-electron chi connectivity index (χ4n) is 2.48. The molecule has 1 unspecified atom stereocenters. The smallest absolute Gasteiger partial charge is 0.122 e. The molecule has 1 heterocycles. The Bertz CT molecular complexity index is 597. The SMILES string of the molecule is NC(c1ccc2c(c1)CCCO2)c1ccccc1Br. The summed E-state index contributed by atoms with van der Waals surface area (Å²) < 4.78 is 6.69. The van der Waals surface area contributed by atoms with Crippen LogP contribution in [-0.4, -0.2) is 6.61 Å². The van der Waals surface area contributed by atoms with Gasteiger partial charge in [-0.05, 0) is 41.7 Å². The minimum Gasteiger partial charge on any atom is -0.493 e. The molecule has 0 bridgehead atoms. The Balaban J connectivity index is 1.96. The van der Waals surface area contributed by atoms with Crippen LogP contribution in [0, 0.1) is 0 Å². The van der Waals surface area contributed by atoms with Gasteiger partial charge < -0.3 is 10.5 Å². The molecule has 19 heavy (non-hydrogen) atoms. The van der Waals surface area contributed by atoms with Crippen molar-refractivity contribution in [3.05, 3.63) is 63.6 Å². The number of ether oxygens (including phenoxy) is 1. The Labute approximate surface area is 121 Å². The highest BCUT2D eigenvalue weighted by Crippen LogP contribution is 2.31. The summed E-state index contributed by atoms with van der Waals surface area (Å²) in [6.07, 6.45) is 2.16. The highest BCUT2D eigenvalue weighted by molar-refractivity contribution is 9.10. The molecule has 2 aromatic carbocycles. The minimum absolute atomic E-state index is 0.109. The second kappa shape index (κ2) is 5.35. The van der Waals surface area contributed by atoms with Gasteiger partial charge in [0.05, 0.1) is 12.6 Å². The van der Waals surface area contributed by atoms with Crippen molar-refractivity contribution < 1.29 is 4.74 Å². The first-order valence-electron chi connectivity index (χ1n) is 6.51. The Kier molecular flexibility index (Phi) is 3.58. The fraction of sp³-hybridized carbons (Fsp3) is 0.250.